The van der Waals surface area contributed by atoms with E-state index in [4.69, 9.17) is 5.26 Å². The average molecular weight is 255 g/mol. The van der Waals surface area contributed by atoms with Crippen LogP contribution in [0, 0.1) is 11.3 Å². The Labute approximate surface area is 99.8 Å². The van der Waals surface area contributed by atoms with Crippen LogP contribution in [-0.2, 0) is 17.3 Å². The lowest BCUT2D eigenvalue weighted by molar-refractivity contribution is 0.482. The molecular weight excluding hydrogens is 242 g/mol. The fourth-order valence-corrected chi connectivity index (χ4v) is 3.11. The van der Waals surface area contributed by atoms with Gasteiger partial charge >= 0.3 is 10.2 Å². The highest BCUT2D eigenvalue weighted by Gasteiger charge is 2.26. The summed E-state index contributed by atoms with van der Waals surface area (Å²) in [6.45, 7) is 1.05. The molecule has 0 unspecified atom stereocenters. The van der Waals surface area contributed by atoms with Gasteiger partial charge in [0, 0.05) is 20.1 Å². The van der Waals surface area contributed by atoms with Crippen molar-refractivity contribution in [1.29, 1.82) is 5.26 Å². The summed E-state index contributed by atoms with van der Waals surface area (Å²) in [4.78, 5) is 0. The van der Waals surface area contributed by atoms with Crippen LogP contribution in [0.4, 0.5) is 5.82 Å². The molecule has 1 aromatic heterocycles. The first-order chi connectivity index (χ1) is 8.04. The largest absolute Gasteiger partial charge is 0.302 e. The molecule has 1 N–H and O–H groups in total. The molecule has 1 fully saturated rings. The minimum absolute atomic E-state index is 0.208. The molecule has 0 saturated carbocycles. The summed E-state index contributed by atoms with van der Waals surface area (Å²) >= 11 is 0. The van der Waals surface area contributed by atoms with E-state index in [2.05, 4.69) is 9.82 Å². The number of aromatic nitrogens is 2. The van der Waals surface area contributed by atoms with E-state index in [9.17, 15) is 8.42 Å². The van der Waals surface area contributed by atoms with Gasteiger partial charge in [0.1, 0.15) is 11.6 Å². The first kappa shape index (κ1) is 11.9. The molecule has 1 aliphatic rings. The van der Waals surface area contributed by atoms with E-state index in [1.54, 1.807) is 7.05 Å². The van der Waals surface area contributed by atoms with Crippen molar-refractivity contribution in [2.75, 3.05) is 17.8 Å². The summed E-state index contributed by atoms with van der Waals surface area (Å²) in [5.74, 6) is 0.208. The van der Waals surface area contributed by atoms with E-state index in [-0.39, 0.29) is 11.4 Å². The molecule has 0 amide bonds. The number of anilines is 1. The second-order valence-corrected chi connectivity index (χ2v) is 5.53. The fraction of sp³-hybridized carbons (Fsp3) is 0.556. The lowest BCUT2D eigenvalue weighted by Crippen LogP contribution is -2.34. The fourth-order valence-electron chi connectivity index (χ4n) is 1.76. The molecule has 2 rings (SSSR count). The maximum atomic E-state index is 12.0. The Morgan fingerprint density at radius 3 is 2.71 bits per heavy atom. The van der Waals surface area contributed by atoms with E-state index < -0.39 is 10.2 Å². The van der Waals surface area contributed by atoms with Gasteiger partial charge in [0.25, 0.3) is 0 Å². The number of nitriles is 1. The number of hydrogen-bond donors (Lipinski definition) is 1. The third-order valence-corrected chi connectivity index (χ3v) is 4.19. The van der Waals surface area contributed by atoms with Crippen molar-refractivity contribution in [3.8, 4) is 6.07 Å². The van der Waals surface area contributed by atoms with Crippen LogP contribution in [-0.4, -0.2) is 35.6 Å². The molecule has 7 nitrogen and oxygen atoms in total. The summed E-state index contributed by atoms with van der Waals surface area (Å²) < 4.78 is 29.1. The van der Waals surface area contributed by atoms with E-state index in [1.165, 1.54) is 15.2 Å². The van der Waals surface area contributed by atoms with Crippen LogP contribution in [0.15, 0.2) is 6.20 Å². The van der Waals surface area contributed by atoms with Crippen molar-refractivity contribution in [2.24, 2.45) is 7.05 Å². The molecule has 0 atom stereocenters. The van der Waals surface area contributed by atoms with Gasteiger partial charge in [-0.3, -0.25) is 9.40 Å². The standard InChI is InChI=1S/C9H13N5O2S/c1-13-9(8(6-10)7-11-13)12-17(15,16)14-4-2-3-5-14/h7,12H,2-5H2,1H3. The Morgan fingerprint density at radius 1 is 1.47 bits per heavy atom. The third-order valence-electron chi connectivity index (χ3n) is 2.69. The number of aryl methyl sites for hydroxylation is 1. The van der Waals surface area contributed by atoms with Gasteiger partial charge in [-0.25, -0.2) is 0 Å². The number of nitrogens with zero attached hydrogens (tertiary/aromatic N) is 4. The van der Waals surface area contributed by atoms with Crippen molar-refractivity contribution >= 4 is 16.0 Å². The maximum Gasteiger partial charge on any atom is 0.302 e. The van der Waals surface area contributed by atoms with Crippen molar-refractivity contribution in [3.63, 3.8) is 0 Å². The Bertz CT molecular complexity index is 550. The zero-order valence-electron chi connectivity index (χ0n) is 9.42. The number of nitrogens with one attached hydrogen (secondary N) is 1. The lowest BCUT2D eigenvalue weighted by Gasteiger charge is -2.16. The molecule has 17 heavy (non-hydrogen) atoms. The van der Waals surface area contributed by atoms with Crippen LogP contribution in [0.5, 0.6) is 0 Å². The molecule has 8 heteroatoms. The summed E-state index contributed by atoms with van der Waals surface area (Å²) in [7, 11) is -1.98. The molecular formula is C9H13N5O2S. The van der Waals surface area contributed by atoms with Gasteiger partial charge in [-0.15, -0.1) is 0 Å². The molecule has 92 valence electrons. The second-order valence-electron chi connectivity index (χ2n) is 3.86. The van der Waals surface area contributed by atoms with Crippen molar-refractivity contribution in [3.05, 3.63) is 11.8 Å². The van der Waals surface area contributed by atoms with E-state index in [0.29, 0.717) is 13.1 Å². The summed E-state index contributed by atoms with van der Waals surface area (Å²) in [6, 6.07) is 1.90. The Kier molecular flexibility index (Phi) is 3.04. The van der Waals surface area contributed by atoms with Gasteiger partial charge in [0.05, 0.1) is 6.20 Å². The Hall–Kier alpha value is -1.59. The Morgan fingerprint density at radius 2 is 2.12 bits per heavy atom. The minimum atomic E-state index is -3.57. The second kappa shape index (κ2) is 4.35. The molecule has 0 spiro atoms. The lowest BCUT2D eigenvalue weighted by atomic mass is 10.4. The molecule has 1 saturated heterocycles. The third kappa shape index (κ3) is 2.25. The van der Waals surface area contributed by atoms with Crippen LogP contribution in [0.25, 0.3) is 0 Å². The zero-order chi connectivity index (χ0) is 12.5. The SMILES string of the molecule is Cn1ncc(C#N)c1NS(=O)(=O)N1CCCC1. The predicted octanol–water partition coefficient (Wildman–Crippen LogP) is 0.0443. The van der Waals surface area contributed by atoms with E-state index in [0.717, 1.165) is 12.8 Å². The summed E-state index contributed by atoms with van der Waals surface area (Å²) in [6.07, 6.45) is 3.08. The predicted molar refractivity (Wildman–Crippen MR) is 61.3 cm³/mol. The smallest absolute Gasteiger partial charge is 0.254 e. The van der Waals surface area contributed by atoms with Gasteiger partial charge in [-0.2, -0.15) is 23.1 Å². The molecule has 0 aromatic carbocycles. The quantitative estimate of drug-likeness (QED) is 0.825. The van der Waals surface area contributed by atoms with Gasteiger partial charge in [0.2, 0.25) is 0 Å². The highest BCUT2D eigenvalue weighted by Crippen LogP contribution is 2.18. The van der Waals surface area contributed by atoms with Crippen molar-refractivity contribution in [2.45, 2.75) is 12.8 Å². The van der Waals surface area contributed by atoms with Crippen LogP contribution in [0.1, 0.15) is 18.4 Å². The normalized spacial score (nSPS) is 16.9. The van der Waals surface area contributed by atoms with Crippen molar-refractivity contribution in [1.82, 2.24) is 14.1 Å². The van der Waals surface area contributed by atoms with Gasteiger partial charge in [-0.05, 0) is 12.8 Å². The summed E-state index contributed by atoms with van der Waals surface area (Å²) in [5.41, 5.74) is 0.218. The number of rotatable bonds is 3. The molecule has 0 aliphatic carbocycles. The highest BCUT2D eigenvalue weighted by atomic mass is 32.2. The highest BCUT2D eigenvalue weighted by molar-refractivity contribution is 7.90. The summed E-state index contributed by atoms with van der Waals surface area (Å²) in [5, 5.41) is 12.7. The maximum absolute atomic E-state index is 12.0. The van der Waals surface area contributed by atoms with Gasteiger partial charge < -0.3 is 0 Å². The monoisotopic (exact) mass is 255 g/mol. The van der Waals surface area contributed by atoms with Crippen LogP contribution in [0.2, 0.25) is 0 Å². The molecule has 1 aliphatic heterocycles. The van der Waals surface area contributed by atoms with Crippen LogP contribution in [0.3, 0.4) is 0 Å². The minimum Gasteiger partial charge on any atom is -0.254 e. The molecule has 1 aromatic rings. The first-order valence-corrected chi connectivity index (χ1v) is 6.68. The molecule has 0 radical (unpaired) electrons. The van der Waals surface area contributed by atoms with E-state index in [1.807, 2.05) is 6.07 Å². The van der Waals surface area contributed by atoms with Crippen LogP contribution >= 0.6 is 0 Å². The number of hydrogen-bond acceptors (Lipinski definition) is 4. The molecule has 0 bridgehead atoms. The van der Waals surface area contributed by atoms with Gasteiger partial charge in [0.15, 0.2) is 5.82 Å². The van der Waals surface area contributed by atoms with Crippen LogP contribution < -0.4 is 4.72 Å². The first-order valence-electron chi connectivity index (χ1n) is 5.24. The zero-order valence-corrected chi connectivity index (χ0v) is 10.2. The van der Waals surface area contributed by atoms with E-state index >= 15 is 0 Å². The topological polar surface area (TPSA) is 91.0 Å². The average Bonchev–Trinajstić information content (AvgIpc) is 2.90. The van der Waals surface area contributed by atoms with Crippen molar-refractivity contribution < 1.29 is 8.42 Å². The Balaban J connectivity index is 2.26. The molecule has 2 heterocycles. The van der Waals surface area contributed by atoms with Gasteiger partial charge in [-0.1, -0.05) is 0 Å².